The largest absolute Gasteiger partial charge is 0.383 e. The standard InChI is InChI=1S/C17H28N2O/c1-20-15-17(16-9-5-4-6-10-16)18-11-14-19-12-7-2-3-8-13-19/h4-6,9-10,17-18H,2-3,7-8,11-15H2,1H3. The van der Waals surface area contributed by atoms with Crippen molar-refractivity contribution < 1.29 is 4.74 Å². The molecule has 1 aromatic rings. The first-order chi connectivity index (χ1) is 9.90. The van der Waals surface area contributed by atoms with Gasteiger partial charge in [0.25, 0.3) is 0 Å². The fourth-order valence-electron chi connectivity index (χ4n) is 2.88. The zero-order valence-corrected chi connectivity index (χ0v) is 12.7. The molecule has 1 heterocycles. The van der Waals surface area contributed by atoms with Crippen LogP contribution in [0.3, 0.4) is 0 Å². The highest BCUT2D eigenvalue weighted by atomic mass is 16.5. The second-order valence-electron chi connectivity index (χ2n) is 5.63. The van der Waals surface area contributed by atoms with E-state index in [-0.39, 0.29) is 0 Å². The first-order valence-electron chi connectivity index (χ1n) is 7.90. The van der Waals surface area contributed by atoms with E-state index in [2.05, 4.69) is 40.5 Å². The zero-order valence-electron chi connectivity index (χ0n) is 12.7. The molecule has 1 aliphatic heterocycles. The van der Waals surface area contributed by atoms with Crippen molar-refractivity contribution in [1.82, 2.24) is 10.2 Å². The summed E-state index contributed by atoms with van der Waals surface area (Å²) < 4.78 is 5.34. The van der Waals surface area contributed by atoms with E-state index in [1.165, 1.54) is 44.3 Å². The molecule has 112 valence electrons. The lowest BCUT2D eigenvalue weighted by Crippen LogP contribution is -2.35. The smallest absolute Gasteiger partial charge is 0.0657 e. The van der Waals surface area contributed by atoms with E-state index < -0.39 is 0 Å². The number of hydrogen-bond acceptors (Lipinski definition) is 3. The highest BCUT2D eigenvalue weighted by Crippen LogP contribution is 2.13. The Hall–Kier alpha value is -0.900. The molecule has 1 atom stereocenters. The lowest BCUT2D eigenvalue weighted by molar-refractivity contribution is 0.164. The monoisotopic (exact) mass is 276 g/mol. The molecule has 1 aliphatic rings. The van der Waals surface area contributed by atoms with Crippen LogP contribution in [-0.4, -0.2) is 44.8 Å². The average molecular weight is 276 g/mol. The fourth-order valence-corrected chi connectivity index (χ4v) is 2.88. The van der Waals surface area contributed by atoms with Crippen LogP contribution in [0.1, 0.15) is 37.3 Å². The third-order valence-electron chi connectivity index (χ3n) is 4.05. The Labute approximate surface area is 123 Å². The summed E-state index contributed by atoms with van der Waals surface area (Å²) in [5.74, 6) is 0. The molecule has 1 fully saturated rings. The van der Waals surface area contributed by atoms with E-state index in [0.717, 1.165) is 19.7 Å². The number of methoxy groups -OCH3 is 1. The van der Waals surface area contributed by atoms with Crippen LogP contribution in [0.25, 0.3) is 0 Å². The molecule has 3 heteroatoms. The summed E-state index contributed by atoms with van der Waals surface area (Å²) in [5.41, 5.74) is 1.31. The molecule has 0 saturated carbocycles. The molecule has 0 aliphatic carbocycles. The van der Waals surface area contributed by atoms with Crippen molar-refractivity contribution in [3.63, 3.8) is 0 Å². The topological polar surface area (TPSA) is 24.5 Å². The maximum absolute atomic E-state index is 5.34. The van der Waals surface area contributed by atoms with E-state index in [1.807, 2.05) is 0 Å². The van der Waals surface area contributed by atoms with Crippen molar-refractivity contribution in [3.05, 3.63) is 35.9 Å². The maximum atomic E-state index is 5.34. The second-order valence-corrected chi connectivity index (χ2v) is 5.63. The van der Waals surface area contributed by atoms with Gasteiger partial charge >= 0.3 is 0 Å². The van der Waals surface area contributed by atoms with Crippen LogP contribution in [0.5, 0.6) is 0 Å². The van der Waals surface area contributed by atoms with Gasteiger partial charge in [-0.15, -0.1) is 0 Å². The van der Waals surface area contributed by atoms with Crippen molar-refractivity contribution in [2.24, 2.45) is 0 Å². The summed E-state index contributed by atoms with van der Waals surface area (Å²) in [4.78, 5) is 2.59. The minimum Gasteiger partial charge on any atom is -0.383 e. The van der Waals surface area contributed by atoms with Gasteiger partial charge in [-0.25, -0.2) is 0 Å². The molecule has 20 heavy (non-hydrogen) atoms. The highest BCUT2D eigenvalue weighted by Gasteiger charge is 2.12. The SMILES string of the molecule is COCC(NCCN1CCCCCC1)c1ccccc1. The van der Waals surface area contributed by atoms with Gasteiger partial charge in [0, 0.05) is 20.2 Å². The van der Waals surface area contributed by atoms with Crippen molar-refractivity contribution in [1.29, 1.82) is 0 Å². The minimum atomic E-state index is 0.299. The summed E-state index contributed by atoms with van der Waals surface area (Å²) in [6.07, 6.45) is 5.53. The molecule has 1 saturated heterocycles. The number of likely N-dealkylation sites (tertiary alicyclic amines) is 1. The third-order valence-corrected chi connectivity index (χ3v) is 4.05. The van der Waals surface area contributed by atoms with E-state index in [9.17, 15) is 0 Å². The van der Waals surface area contributed by atoms with Crippen molar-refractivity contribution in [2.45, 2.75) is 31.7 Å². The van der Waals surface area contributed by atoms with Crippen LogP contribution >= 0.6 is 0 Å². The maximum Gasteiger partial charge on any atom is 0.0657 e. The van der Waals surface area contributed by atoms with Crippen LogP contribution in [0.2, 0.25) is 0 Å². The van der Waals surface area contributed by atoms with Crippen molar-refractivity contribution in [3.8, 4) is 0 Å². The van der Waals surface area contributed by atoms with Gasteiger partial charge in [-0.1, -0.05) is 43.2 Å². The normalized spacial score (nSPS) is 18.6. The quantitative estimate of drug-likeness (QED) is 0.829. The summed E-state index contributed by atoms with van der Waals surface area (Å²) in [6, 6.07) is 10.9. The van der Waals surface area contributed by atoms with Crippen molar-refractivity contribution in [2.75, 3.05) is 39.9 Å². The fraction of sp³-hybridized carbons (Fsp3) is 0.647. The average Bonchev–Trinajstić information content (AvgIpc) is 2.76. The van der Waals surface area contributed by atoms with Gasteiger partial charge in [0.1, 0.15) is 0 Å². The van der Waals surface area contributed by atoms with Crippen LogP contribution < -0.4 is 5.32 Å². The van der Waals surface area contributed by atoms with Crippen LogP contribution in [0, 0.1) is 0 Å². The van der Waals surface area contributed by atoms with E-state index in [4.69, 9.17) is 4.74 Å². The molecule has 0 aromatic heterocycles. The van der Waals surface area contributed by atoms with Gasteiger partial charge < -0.3 is 15.0 Å². The van der Waals surface area contributed by atoms with Crippen molar-refractivity contribution >= 4 is 0 Å². The molecule has 2 rings (SSSR count). The molecule has 0 amide bonds. The summed E-state index contributed by atoms with van der Waals surface area (Å²) >= 11 is 0. The third kappa shape index (κ3) is 5.23. The lowest BCUT2D eigenvalue weighted by atomic mass is 10.1. The molecule has 0 spiro atoms. The lowest BCUT2D eigenvalue weighted by Gasteiger charge is -2.23. The molecule has 0 radical (unpaired) electrons. The predicted molar refractivity (Wildman–Crippen MR) is 84.0 cm³/mol. The van der Waals surface area contributed by atoms with Gasteiger partial charge in [0.05, 0.1) is 12.6 Å². The van der Waals surface area contributed by atoms with E-state index in [1.54, 1.807) is 7.11 Å². The van der Waals surface area contributed by atoms with Gasteiger partial charge in [0.2, 0.25) is 0 Å². The Kier molecular flexibility index (Phi) is 7.06. The number of nitrogens with zero attached hydrogens (tertiary/aromatic N) is 1. The van der Waals surface area contributed by atoms with Gasteiger partial charge in [-0.2, -0.15) is 0 Å². The van der Waals surface area contributed by atoms with Gasteiger partial charge in [0.15, 0.2) is 0 Å². The molecular weight excluding hydrogens is 248 g/mol. The van der Waals surface area contributed by atoms with Crippen LogP contribution in [0.15, 0.2) is 30.3 Å². The number of ether oxygens (including phenoxy) is 1. The van der Waals surface area contributed by atoms with Gasteiger partial charge in [-0.05, 0) is 31.5 Å². The van der Waals surface area contributed by atoms with E-state index in [0.29, 0.717) is 6.04 Å². The molecule has 1 N–H and O–H groups in total. The summed E-state index contributed by atoms with van der Waals surface area (Å²) in [6.45, 7) is 5.43. The molecule has 3 nitrogen and oxygen atoms in total. The Balaban J connectivity index is 1.77. The number of hydrogen-bond donors (Lipinski definition) is 1. The Morgan fingerprint density at radius 3 is 2.45 bits per heavy atom. The Morgan fingerprint density at radius 2 is 1.80 bits per heavy atom. The second kappa shape index (κ2) is 9.11. The molecule has 0 bridgehead atoms. The Morgan fingerprint density at radius 1 is 1.10 bits per heavy atom. The molecular formula is C17H28N2O. The van der Waals surface area contributed by atoms with Gasteiger partial charge in [-0.3, -0.25) is 0 Å². The predicted octanol–water partition coefficient (Wildman–Crippen LogP) is 2.84. The number of nitrogens with one attached hydrogen (secondary N) is 1. The zero-order chi connectivity index (χ0) is 14.0. The molecule has 1 aromatic carbocycles. The molecule has 1 unspecified atom stereocenters. The first-order valence-corrected chi connectivity index (χ1v) is 7.90. The minimum absolute atomic E-state index is 0.299. The Bertz CT molecular complexity index is 347. The number of benzene rings is 1. The number of rotatable bonds is 7. The summed E-state index contributed by atoms with van der Waals surface area (Å²) in [5, 5.41) is 3.64. The summed E-state index contributed by atoms with van der Waals surface area (Å²) in [7, 11) is 1.77. The highest BCUT2D eigenvalue weighted by molar-refractivity contribution is 5.18. The van der Waals surface area contributed by atoms with Crippen LogP contribution in [0.4, 0.5) is 0 Å². The first kappa shape index (κ1) is 15.5. The van der Waals surface area contributed by atoms with E-state index >= 15 is 0 Å². The van der Waals surface area contributed by atoms with Crippen LogP contribution in [-0.2, 0) is 4.74 Å².